The molecule has 0 aliphatic carbocycles. The normalized spacial score (nSPS) is 13.6. The molecular formula is C16H15NO9S. The first kappa shape index (κ1) is 20.3. The maximum atomic E-state index is 12.3. The quantitative estimate of drug-likeness (QED) is 0.383. The van der Waals surface area contributed by atoms with Crippen LogP contribution in [0.1, 0.15) is 11.7 Å². The van der Waals surface area contributed by atoms with Crippen molar-refractivity contribution in [3.63, 3.8) is 0 Å². The third-order valence-electron chi connectivity index (χ3n) is 3.55. The zero-order valence-electron chi connectivity index (χ0n) is 13.9. The number of aliphatic carboxylic acids is 1. The first-order chi connectivity index (χ1) is 12.7. The van der Waals surface area contributed by atoms with Crippen molar-refractivity contribution in [2.45, 2.75) is 17.1 Å². The molecule has 2 rings (SSSR count). The average molecular weight is 397 g/mol. The van der Waals surface area contributed by atoms with Crippen LogP contribution in [0.2, 0.25) is 0 Å². The molecule has 0 fully saturated rings. The van der Waals surface area contributed by atoms with Crippen molar-refractivity contribution in [2.75, 3.05) is 7.11 Å². The maximum absolute atomic E-state index is 12.3. The molecule has 0 bridgehead atoms. The van der Waals surface area contributed by atoms with Gasteiger partial charge < -0.3 is 14.9 Å². The summed E-state index contributed by atoms with van der Waals surface area (Å²) >= 11 is 0. The van der Waals surface area contributed by atoms with Crippen LogP contribution in [0, 0.1) is 10.1 Å². The summed E-state index contributed by atoms with van der Waals surface area (Å²) in [5.41, 5.74) is -0.246. The molecule has 0 radical (unpaired) electrons. The summed E-state index contributed by atoms with van der Waals surface area (Å²) in [7, 11) is -3.18. The standard InChI is InChI=1S/C16H15NO9S/c1-25-12-6-2-10(3-7-12)14(18)15(16(19)20)26-27(23,24)13-8-4-11(5-9-13)17(21)22/h2-9,14-15,18H,1H3,(H,19,20)/t14-,15?/m0/s1. The zero-order valence-corrected chi connectivity index (χ0v) is 14.7. The third-order valence-corrected chi connectivity index (χ3v) is 4.86. The summed E-state index contributed by atoms with van der Waals surface area (Å²) in [6.07, 6.45) is -3.92. The number of ether oxygens (including phenoxy) is 1. The van der Waals surface area contributed by atoms with E-state index < -0.39 is 38.1 Å². The number of carbonyl (C=O) groups is 1. The number of aliphatic hydroxyl groups excluding tert-OH is 1. The van der Waals surface area contributed by atoms with Crippen molar-refractivity contribution < 1.29 is 37.3 Å². The lowest BCUT2D eigenvalue weighted by Gasteiger charge is -2.19. The van der Waals surface area contributed by atoms with Crippen molar-refractivity contribution in [1.82, 2.24) is 0 Å². The van der Waals surface area contributed by atoms with Crippen LogP contribution in [0.4, 0.5) is 5.69 Å². The summed E-state index contributed by atoms with van der Waals surface area (Å²) in [6.45, 7) is 0. The Morgan fingerprint density at radius 1 is 1.11 bits per heavy atom. The number of non-ortho nitro benzene ring substituents is 1. The van der Waals surface area contributed by atoms with E-state index >= 15 is 0 Å². The molecule has 144 valence electrons. The molecule has 10 nitrogen and oxygen atoms in total. The molecule has 2 N–H and O–H groups in total. The highest BCUT2D eigenvalue weighted by Crippen LogP contribution is 2.26. The molecule has 2 atom stereocenters. The van der Waals surface area contributed by atoms with E-state index in [1.165, 1.54) is 31.4 Å². The minimum Gasteiger partial charge on any atom is -0.497 e. The summed E-state index contributed by atoms with van der Waals surface area (Å²) in [5, 5.41) is 30.1. The van der Waals surface area contributed by atoms with Gasteiger partial charge in [0.1, 0.15) is 11.9 Å². The van der Waals surface area contributed by atoms with Crippen molar-refractivity contribution in [1.29, 1.82) is 0 Å². The SMILES string of the molecule is COc1ccc([C@H](O)C(OS(=O)(=O)c2ccc([N+](=O)[O-])cc2)C(=O)O)cc1. The van der Waals surface area contributed by atoms with Crippen LogP contribution in [0.5, 0.6) is 5.75 Å². The van der Waals surface area contributed by atoms with E-state index in [1.54, 1.807) is 0 Å². The van der Waals surface area contributed by atoms with E-state index in [-0.39, 0.29) is 11.3 Å². The highest BCUT2D eigenvalue weighted by atomic mass is 32.2. The summed E-state index contributed by atoms with van der Waals surface area (Å²) in [6, 6.07) is 9.34. The Morgan fingerprint density at radius 2 is 1.67 bits per heavy atom. The molecule has 0 saturated carbocycles. The Bertz CT molecular complexity index is 923. The van der Waals surface area contributed by atoms with Crippen LogP contribution >= 0.6 is 0 Å². The van der Waals surface area contributed by atoms with E-state index in [1.807, 2.05) is 0 Å². The minimum atomic E-state index is -4.60. The van der Waals surface area contributed by atoms with E-state index in [9.17, 15) is 33.5 Å². The minimum absolute atomic E-state index is 0.0992. The first-order valence-corrected chi connectivity index (χ1v) is 8.79. The number of hydrogen-bond acceptors (Lipinski definition) is 8. The Hall–Kier alpha value is -3.02. The van der Waals surface area contributed by atoms with Gasteiger partial charge >= 0.3 is 5.97 Å². The van der Waals surface area contributed by atoms with Crippen LogP contribution in [0.15, 0.2) is 53.4 Å². The lowest BCUT2D eigenvalue weighted by atomic mass is 10.0. The Kier molecular flexibility index (Phi) is 6.10. The van der Waals surface area contributed by atoms with Gasteiger partial charge in [-0.15, -0.1) is 0 Å². The topological polar surface area (TPSA) is 153 Å². The smallest absolute Gasteiger partial charge is 0.337 e. The molecule has 0 heterocycles. The summed E-state index contributed by atoms with van der Waals surface area (Å²) in [5.74, 6) is -1.25. The molecule has 27 heavy (non-hydrogen) atoms. The van der Waals surface area contributed by atoms with E-state index in [0.717, 1.165) is 24.3 Å². The number of nitro benzene ring substituents is 1. The largest absolute Gasteiger partial charge is 0.497 e. The zero-order chi connectivity index (χ0) is 20.2. The van der Waals surface area contributed by atoms with Crippen molar-refractivity contribution in [3.8, 4) is 5.75 Å². The number of methoxy groups -OCH3 is 1. The molecular weight excluding hydrogens is 382 g/mol. The fraction of sp³-hybridized carbons (Fsp3) is 0.188. The maximum Gasteiger partial charge on any atom is 0.337 e. The summed E-state index contributed by atoms with van der Waals surface area (Å²) < 4.78 is 34.2. The van der Waals surface area contributed by atoms with Crippen molar-refractivity contribution in [3.05, 3.63) is 64.2 Å². The van der Waals surface area contributed by atoms with Gasteiger partial charge in [-0.25, -0.2) is 8.98 Å². The first-order valence-electron chi connectivity index (χ1n) is 7.38. The van der Waals surface area contributed by atoms with Gasteiger partial charge in [-0.1, -0.05) is 12.1 Å². The summed E-state index contributed by atoms with van der Waals surface area (Å²) in [4.78, 5) is 20.8. The van der Waals surface area contributed by atoms with Crippen molar-refractivity contribution in [2.24, 2.45) is 0 Å². The molecule has 0 aliphatic rings. The van der Waals surface area contributed by atoms with Crippen LogP contribution < -0.4 is 4.74 Å². The lowest BCUT2D eigenvalue weighted by Crippen LogP contribution is -2.33. The highest BCUT2D eigenvalue weighted by molar-refractivity contribution is 7.86. The number of carboxylic acids is 1. The number of rotatable bonds is 8. The second-order valence-corrected chi connectivity index (χ2v) is 6.85. The van der Waals surface area contributed by atoms with Crippen LogP contribution in [-0.4, -0.2) is 42.7 Å². The Labute approximate surface area is 153 Å². The monoisotopic (exact) mass is 397 g/mol. The molecule has 0 spiro atoms. The van der Waals surface area contributed by atoms with Crippen LogP contribution in [0.3, 0.4) is 0 Å². The van der Waals surface area contributed by atoms with Crippen LogP contribution in [-0.2, 0) is 19.1 Å². The molecule has 11 heteroatoms. The molecule has 0 saturated heterocycles. The predicted octanol–water partition coefficient (Wildman–Crippen LogP) is 1.50. The van der Waals surface area contributed by atoms with Gasteiger partial charge in [-0.2, -0.15) is 8.42 Å². The fourth-order valence-corrected chi connectivity index (χ4v) is 3.17. The molecule has 0 aromatic heterocycles. The van der Waals surface area contributed by atoms with Gasteiger partial charge in [0, 0.05) is 12.1 Å². The second-order valence-electron chi connectivity index (χ2n) is 5.28. The number of nitro groups is 1. The lowest BCUT2D eigenvalue weighted by molar-refractivity contribution is -0.384. The van der Waals surface area contributed by atoms with Crippen molar-refractivity contribution >= 4 is 21.8 Å². The number of aliphatic hydroxyl groups is 1. The fourth-order valence-electron chi connectivity index (χ4n) is 2.13. The van der Waals surface area contributed by atoms with Gasteiger partial charge in [0.15, 0.2) is 0 Å². The number of hydrogen-bond donors (Lipinski definition) is 2. The van der Waals surface area contributed by atoms with E-state index in [4.69, 9.17) is 4.74 Å². The van der Waals surface area contributed by atoms with Gasteiger partial charge in [-0.05, 0) is 29.8 Å². The Balaban J connectivity index is 2.27. The van der Waals surface area contributed by atoms with Crippen LogP contribution in [0.25, 0.3) is 0 Å². The van der Waals surface area contributed by atoms with E-state index in [0.29, 0.717) is 5.75 Å². The predicted molar refractivity (Wildman–Crippen MR) is 90.7 cm³/mol. The molecule has 2 aromatic rings. The number of carboxylic acid groups (broad SMARTS) is 1. The molecule has 1 unspecified atom stereocenters. The Morgan fingerprint density at radius 3 is 2.11 bits per heavy atom. The van der Waals surface area contributed by atoms with E-state index in [2.05, 4.69) is 4.18 Å². The van der Waals surface area contributed by atoms with Gasteiger partial charge in [0.2, 0.25) is 6.10 Å². The van der Waals surface area contributed by atoms with Gasteiger partial charge in [0.05, 0.1) is 16.9 Å². The third kappa shape index (κ3) is 4.78. The van der Waals surface area contributed by atoms with Gasteiger partial charge in [-0.3, -0.25) is 10.1 Å². The number of benzene rings is 2. The second kappa shape index (κ2) is 8.12. The molecule has 2 aromatic carbocycles. The highest BCUT2D eigenvalue weighted by Gasteiger charge is 2.34. The molecule has 0 aliphatic heterocycles. The average Bonchev–Trinajstić information content (AvgIpc) is 2.65. The number of nitrogens with zero attached hydrogens (tertiary/aromatic N) is 1. The molecule has 0 amide bonds. The van der Waals surface area contributed by atoms with Gasteiger partial charge in [0.25, 0.3) is 15.8 Å².